The molecule has 0 aromatic heterocycles. The normalized spacial score (nSPS) is 15.0. The molecular formula is C23H15ClN4O3. The summed E-state index contributed by atoms with van der Waals surface area (Å²) in [6.07, 6.45) is 3.13. The standard InChI is InChI=1S/C23H15ClN4O3/c24-19-10-6-17(7-11-19)15-25-27-22(18-4-2-1-3-5-18)26-21(23(27)29)14-16-8-12-20(13-9-16)28(30)31/h1-15H/b21-14+,25-15+. The van der Waals surface area contributed by atoms with E-state index in [1.54, 1.807) is 48.7 Å². The Hall–Kier alpha value is -4.10. The lowest BCUT2D eigenvalue weighted by Gasteiger charge is -2.11. The molecule has 4 rings (SSSR count). The van der Waals surface area contributed by atoms with Gasteiger partial charge in [-0.05, 0) is 41.5 Å². The van der Waals surface area contributed by atoms with Gasteiger partial charge >= 0.3 is 0 Å². The van der Waals surface area contributed by atoms with Crippen LogP contribution >= 0.6 is 11.6 Å². The number of hydrazone groups is 1. The molecule has 0 saturated heterocycles. The Balaban J connectivity index is 1.69. The zero-order valence-corrected chi connectivity index (χ0v) is 16.8. The van der Waals surface area contributed by atoms with E-state index in [0.717, 1.165) is 11.1 Å². The van der Waals surface area contributed by atoms with Crippen LogP contribution in [0.25, 0.3) is 6.08 Å². The number of nitrogens with zero attached hydrogens (tertiary/aromatic N) is 4. The van der Waals surface area contributed by atoms with Crippen LogP contribution in [0.4, 0.5) is 5.69 Å². The molecule has 31 heavy (non-hydrogen) atoms. The van der Waals surface area contributed by atoms with Crippen LogP contribution in [0.5, 0.6) is 0 Å². The molecule has 0 aliphatic carbocycles. The van der Waals surface area contributed by atoms with E-state index in [2.05, 4.69) is 10.1 Å². The number of amides is 1. The SMILES string of the molecule is O=C1/C(=C\c2ccc([N+](=O)[O-])cc2)N=C(c2ccccc2)N1/N=C/c1ccc(Cl)cc1. The fourth-order valence-electron chi connectivity index (χ4n) is 2.91. The van der Waals surface area contributed by atoms with E-state index < -0.39 is 10.8 Å². The minimum atomic E-state index is -0.476. The smallest absolute Gasteiger partial charge is 0.265 e. The summed E-state index contributed by atoms with van der Waals surface area (Å²) >= 11 is 5.92. The van der Waals surface area contributed by atoms with Crippen LogP contribution in [0.15, 0.2) is 94.7 Å². The topological polar surface area (TPSA) is 88.2 Å². The Morgan fingerprint density at radius 1 is 0.935 bits per heavy atom. The fourth-order valence-corrected chi connectivity index (χ4v) is 3.04. The molecule has 0 atom stereocenters. The number of non-ortho nitro benzene ring substituents is 1. The lowest BCUT2D eigenvalue weighted by Crippen LogP contribution is -2.27. The van der Waals surface area contributed by atoms with Gasteiger partial charge in [-0.25, -0.2) is 4.99 Å². The largest absolute Gasteiger partial charge is 0.298 e. The number of carbonyl (C=O) groups is 1. The average Bonchev–Trinajstić information content (AvgIpc) is 3.09. The molecule has 0 fully saturated rings. The van der Waals surface area contributed by atoms with Gasteiger partial charge in [0, 0.05) is 22.7 Å². The number of hydrogen-bond donors (Lipinski definition) is 0. The number of hydrogen-bond acceptors (Lipinski definition) is 5. The summed E-state index contributed by atoms with van der Waals surface area (Å²) in [6.45, 7) is 0. The van der Waals surface area contributed by atoms with Gasteiger partial charge < -0.3 is 0 Å². The van der Waals surface area contributed by atoms with Crippen molar-refractivity contribution in [2.45, 2.75) is 0 Å². The lowest BCUT2D eigenvalue weighted by molar-refractivity contribution is -0.384. The van der Waals surface area contributed by atoms with Crippen molar-refractivity contribution < 1.29 is 9.72 Å². The number of rotatable bonds is 5. The highest BCUT2D eigenvalue weighted by atomic mass is 35.5. The van der Waals surface area contributed by atoms with Gasteiger partial charge in [-0.2, -0.15) is 10.1 Å². The van der Waals surface area contributed by atoms with E-state index >= 15 is 0 Å². The highest BCUT2D eigenvalue weighted by Crippen LogP contribution is 2.23. The number of nitro benzene ring substituents is 1. The highest BCUT2D eigenvalue weighted by molar-refractivity contribution is 6.30. The molecule has 3 aromatic carbocycles. The molecular weight excluding hydrogens is 416 g/mol. The van der Waals surface area contributed by atoms with E-state index in [1.165, 1.54) is 17.1 Å². The number of halogens is 1. The summed E-state index contributed by atoms with van der Waals surface area (Å²) in [5.74, 6) is -0.00797. The van der Waals surface area contributed by atoms with Crippen LogP contribution in [-0.4, -0.2) is 27.9 Å². The first kappa shape index (κ1) is 20.2. The Labute approximate surface area is 182 Å². The van der Waals surface area contributed by atoms with E-state index in [1.807, 2.05) is 30.3 Å². The van der Waals surface area contributed by atoms with E-state index in [9.17, 15) is 14.9 Å². The number of aliphatic imine (C=N–C) groups is 1. The Bertz CT molecular complexity index is 1220. The van der Waals surface area contributed by atoms with Crippen molar-refractivity contribution in [1.29, 1.82) is 0 Å². The van der Waals surface area contributed by atoms with Crippen LogP contribution in [0, 0.1) is 10.1 Å². The van der Waals surface area contributed by atoms with Gasteiger partial charge in [0.05, 0.1) is 11.1 Å². The van der Waals surface area contributed by atoms with Crippen LogP contribution in [0.1, 0.15) is 16.7 Å². The first-order valence-electron chi connectivity index (χ1n) is 9.25. The van der Waals surface area contributed by atoms with Gasteiger partial charge in [-0.3, -0.25) is 14.9 Å². The number of carbonyl (C=O) groups excluding carboxylic acids is 1. The summed E-state index contributed by atoms with van der Waals surface area (Å²) < 4.78 is 0. The predicted octanol–water partition coefficient (Wildman–Crippen LogP) is 4.91. The minimum absolute atomic E-state index is 0.0254. The summed E-state index contributed by atoms with van der Waals surface area (Å²) in [5, 5.41) is 17.0. The van der Waals surface area contributed by atoms with Crippen molar-refractivity contribution in [3.63, 3.8) is 0 Å². The highest BCUT2D eigenvalue weighted by Gasteiger charge is 2.31. The molecule has 7 nitrogen and oxygen atoms in total. The third-order valence-corrected chi connectivity index (χ3v) is 4.72. The van der Waals surface area contributed by atoms with Crippen molar-refractivity contribution in [2.75, 3.05) is 0 Å². The monoisotopic (exact) mass is 430 g/mol. The Morgan fingerprint density at radius 2 is 1.58 bits per heavy atom. The van der Waals surface area contributed by atoms with Gasteiger partial charge in [-0.15, -0.1) is 0 Å². The summed E-state index contributed by atoms with van der Waals surface area (Å²) in [5.41, 5.74) is 2.28. The molecule has 152 valence electrons. The van der Waals surface area contributed by atoms with Crippen LogP contribution in [0.2, 0.25) is 5.02 Å². The van der Waals surface area contributed by atoms with Crippen LogP contribution in [-0.2, 0) is 4.79 Å². The second-order valence-electron chi connectivity index (χ2n) is 6.59. The fraction of sp³-hybridized carbons (Fsp3) is 0. The van der Waals surface area contributed by atoms with E-state index in [0.29, 0.717) is 16.4 Å². The third-order valence-electron chi connectivity index (χ3n) is 4.47. The Kier molecular flexibility index (Phi) is 5.68. The summed E-state index contributed by atoms with van der Waals surface area (Å²) in [4.78, 5) is 27.9. The number of nitro groups is 1. The molecule has 3 aromatic rings. The molecule has 0 N–H and O–H groups in total. The zero-order chi connectivity index (χ0) is 21.8. The second-order valence-corrected chi connectivity index (χ2v) is 7.03. The van der Waals surface area contributed by atoms with Crippen molar-refractivity contribution in [1.82, 2.24) is 5.01 Å². The molecule has 1 aliphatic heterocycles. The van der Waals surface area contributed by atoms with Gasteiger partial charge in [0.2, 0.25) is 0 Å². The summed E-state index contributed by atoms with van der Waals surface area (Å²) in [6, 6.07) is 22.2. The summed E-state index contributed by atoms with van der Waals surface area (Å²) in [7, 11) is 0. The molecule has 1 aliphatic rings. The van der Waals surface area contributed by atoms with Gasteiger partial charge in [0.1, 0.15) is 5.70 Å². The molecule has 8 heteroatoms. The first-order chi connectivity index (χ1) is 15.0. The Morgan fingerprint density at radius 3 is 2.23 bits per heavy atom. The number of amidine groups is 1. The minimum Gasteiger partial charge on any atom is -0.265 e. The van der Waals surface area contributed by atoms with E-state index in [4.69, 9.17) is 11.6 Å². The predicted molar refractivity (Wildman–Crippen MR) is 120 cm³/mol. The molecule has 1 amide bonds. The lowest BCUT2D eigenvalue weighted by atomic mass is 10.2. The van der Waals surface area contributed by atoms with Crippen LogP contribution in [0.3, 0.4) is 0 Å². The van der Waals surface area contributed by atoms with Crippen LogP contribution < -0.4 is 0 Å². The molecule has 0 radical (unpaired) electrons. The van der Waals surface area contributed by atoms with Crippen molar-refractivity contribution in [3.05, 3.63) is 116 Å². The van der Waals surface area contributed by atoms with Gasteiger partial charge in [0.15, 0.2) is 5.84 Å². The average molecular weight is 431 g/mol. The molecule has 0 unspecified atom stereocenters. The maximum atomic E-state index is 13.0. The van der Waals surface area contributed by atoms with Gasteiger partial charge in [-0.1, -0.05) is 54.1 Å². The molecule has 0 spiro atoms. The zero-order valence-electron chi connectivity index (χ0n) is 16.1. The molecule has 1 heterocycles. The molecule has 0 bridgehead atoms. The third kappa shape index (κ3) is 4.57. The van der Waals surface area contributed by atoms with Crippen molar-refractivity contribution in [2.24, 2.45) is 10.1 Å². The molecule has 0 saturated carbocycles. The quantitative estimate of drug-likeness (QED) is 0.249. The van der Waals surface area contributed by atoms with Crippen molar-refractivity contribution >= 4 is 41.3 Å². The van der Waals surface area contributed by atoms with Crippen molar-refractivity contribution in [3.8, 4) is 0 Å². The maximum absolute atomic E-state index is 13.0. The van der Waals surface area contributed by atoms with E-state index in [-0.39, 0.29) is 11.4 Å². The number of benzene rings is 3. The van der Waals surface area contributed by atoms with Gasteiger partial charge in [0.25, 0.3) is 11.6 Å². The second kappa shape index (κ2) is 8.73. The first-order valence-corrected chi connectivity index (χ1v) is 9.63. The maximum Gasteiger partial charge on any atom is 0.298 e.